The van der Waals surface area contributed by atoms with Crippen molar-refractivity contribution in [2.24, 2.45) is 5.73 Å². The third-order valence-electron chi connectivity index (χ3n) is 0.673. The molecule has 0 unspecified atom stereocenters. The first-order valence-electron chi connectivity index (χ1n) is 3.40. The molecule has 0 saturated heterocycles. The van der Waals surface area contributed by atoms with Crippen molar-refractivity contribution >= 4 is 5.91 Å². The van der Waals surface area contributed by atoms with Gasteiger partial charge in [0.1, 0.15) is 0 Å². The number of rotatable bonds is 5. The lowest BCUT2D eigenvalue weighted by Gasteiger charge is -1.92. The molecule has 0 aliphatic rings. The zero-order chi connectivity index (χ0) is 9.82. The number of aliphatic hydroxyl groups excluding tert-OH is 1. The summed E-state index contributed by atoms with van der Waals surface area (Å²) in [7, 11) is 0. The maximum atomic E-state index is 9.47. The van der Waals surface area contributed by atoms with Crippen molar-refractivity contribution in [3.8, 4) is 0 Å². The van der Waals surface area contributed by atoms with Gasteiger partial charge in [-0.1, -0.05) is 12.7 Å². The molecule has 0 rings (SSSR count). The number of hydrogen-bond acceptors (Lipinski definition) is 3. The van der Waals surface area contributed by atoms with Crippen molar-refractivity contribution in [3.05, 3.63) is 25.3 Å². The van der Waals surface area contributed by atoms with Gasteiger partial charge >= 0.3 is 0 Å². The zero-order valence-electron chi connectivity index (χ0n) is 7.03. The van der Waals surface area contributed by atoms with Gasteiger partial charge in [0, 0.05) is 0 Å². The first kappa shape index (κ1) is 13.5. The van der Waals surface area contributed by atoms with Gasteiger partial charge in [0.2, 0.25) is 5.91 Å². The van der Waals surface area contributed by atoms with Crippen LogP contribution in [0.4, 0.5) is 0 Å². The van der Waals surface area contributed by atoms with E-state index in [0.717, 1.165) is 6.08 Å². The van der Waals surface area contributed by atoms with Crippen molar-refractivity contribution in [2.45, 2.75) is 0 Å². The molecule has 0 aromatic heterocycles. The Labute approximate surface area is 72.3 Å². The van der Waals surface area contributed by atoms with E-state index in [0.29, 0.717) is 13.2 Å². The number of primary amides is 1. The molecule has 0 heterocycles. The van der Waals surface area contributed by atoms with E-state index in [-0.39, 0.29) is 6.61 Å². The van der Waals surface area contributed by atoms with Gasteiger partial charge in [-0.2, -0.15) is 0 Å². The molecule has 0 saturated carbocycles. The topological polar surface area (TPSA) is 72.6 Å². The largest absolute Gasteiger partial charge is 0.394 e. The summed E-state index contributed by atoms with van der Waals surface area (Å²) in [6, 6.07) is 0. The summed E-state index contributed by atoms with van der Waals surface area (Å²) in [5, 5.41) is 8.13. The molecule has 0 aliphatic heterocycles. The van der Waals surface area contributed by atoms with Crippen LogP contribution in [-0.2, 0) is 9.53 Å². The van der Waals surface area contributed by atoms with Crippen molar-refractivity contribution in [2.75, 3.05) is 19.8 Å². The molecule has 4 heteroatoms. The van der Waals surface area contributed by atoms with Crippen molar-refractivity contribution < 1.29 is 14.6 Å². The molecule has 70 valence electrons. The molecule has 0 aliphatic carbocycles. The van der Waals surface area contributed by atoms with Gasteiger partial charge < -0.3 is 15.6 Å². The minimum atomic E-state index is -0.481. The van der Waals surface area contributed by atoms with Gasteiger partial charge in [0.05, 0.1) is 19.8 Å². The Morgan fingerprint density at radius 1 is 1.58 bits per heavy atom. The van der Waals surface area contributed by atoms with Crippen molar-refractivity contribution in [1.29, 1.82) is 0 Å². The summed E-state index contributed by atoms with van der Waals surface area (Å²) in [5.74, 6) is -0.481. The molecule has 0 fully saturated rings. The number of hydrogen-bond donors (Lipinski definition) is 2. The highest BCUT2D eigenvalue weighted by molar-refractivity contribution is 5.84. The lowest BCUT2D eigenvalue weighted by atomic mass is 10.6. The fourth-order valence-electron chi connectivity index (χ4n) is 0.231. The van der Waals surface area contributed by atoms with Gasteiger partial charge in [-0.3, -0.25) is 4.79 Å². The second-order valence-electron chi connectivity index (χ2n) is 1.69. The van der Waals surface area contributed by atoms with Crippen molar-refractivity contribution in [3.63, 3.8) is 0 Å². The van der Waals surface area contributed by atoms with Crippen LogP contribution in [0.3, 0.4) is 0 Å². The van der Waals surface area contributed by atoms with E-state index in [1.165, 1.54) is 0 Å². The second kappa shape index (κ2) is 12.5. The van der Waals surface area contributed by atoms with Gasteiger partial charge in [-0.25, -0.2) is 0 Å². The maximum Gasteiger partial charge on any atom is 0.240 e. The van der Waals surface area contributed by atoms with Crippen LogP contribution in [0.1, 0.15) is 0 Å². The molecule has 1 amide bonds. The predicted molar refractivity (Wildman–Crippen MR) is 47.5 cm³/mol. The first-order valence-corrected chi connectivity index (χ1v) is 3.40. The van der Waals surface area contributed by atoms with Crippen LogP contribution < -0.4 is 5.73 Å². The molecule has 0 aromatic rings. The summed E-state index contributed by atoms with van der Waals surface area (Å²) in [6.45, 7) is 7.54. The van der Waals surface area contributed by atoms with Crippen LogP contribution >= 0.6 is 0 Å². The third-order valence-corrected chi connectivity index (χ3v) is 0.673. The van der Waals surface area contributed by atoms with Crippen LogP contribution in [0.15, 0.2) is 25.3 Å². The molecule has 0 bridgehead atoms. The molecule has 0 aromatic carbocycles. The van der Waals surface area contributed by atoms with Crippen LogP contribution in [0.2, 0.25) is 0 Å². The molecule has 12 heavy (non-hydrogen) atoms. The molecular weight excluding hydrogens is 158 g/mol. The second-order valence-corrected chi connectivity index (χ2v) is 1.69. The smallest absolute Gasteiger partial charge is 0.240 e. The van der Waals surface area contributed by atoms with E-state index >= 15 is 0 Å². The normalized spacial score (nSPS) is 7.75. The average Bonchev–Trinajstić information content (AvgIpc) is 2.07. The summed E-state index contributed by atoms with van der Waals surface area (Å²) >= 11 is 0. The summed E-state index contributed by atoms with van der Waals surface area (Å²) in [6.07, 6.45) is 2.70. The summed E-state index contributed by atoms with van der Waals surface area (Å²) < 4.78 is 4.76. The van der Waals surface area contributed by atoms with E-state index in [4.69, 9.17) is 9.84 Å². The van der Waals surface area contributed by atoms with E-state index in [1.54, 1.807) is 6.08 Å². The highest BCUT2D eigenvalue weighted by Crippen LogP contribution is 1.70. The number of amides is 1. The molecule has 4 nitrogen and oxygen atoms in total. The van der Waals surface area contributed by atoms with Crippen LogP contribution in [0, 0.1) is 0 Å². The zero-order valence-corrected chi connectivity index (χ0v) is 7.03. The van der Waals surface area contributed by atoms with Gasteiger partial charge in [-0.05, 0) is 6.08 Å². The summed E-state index contributed by atoms with van der Waals surface area (Å²) in [5.41, 5.74) is 4.53. The van der Waals surface area contributed by atoms with Gasteiger partial charge in [0.25, 0.3) is 0 Å². The van der Waals surface area contributed by atoms with Gasteiger partial charge in [0.15, 0.2) is 0 Å². The van der Waals surface area contributed by atoms with E-state index < -0.39 is 5.91 Å². The maximum absolute atomic E-state index is 9.47. The van der Waals surface area contributed by atoms with Crippen LogP contribution in [-0.4, -0.2) is 30.8 Å². The Balaban J connectivity index is 0. The lowest BCUT2D eigenvalue weighted by Crippen LogP contribution is -2.04. The highest BCUT2D eigenvalue weighted by Gasteiger charge is 1.75. The Morgan fingerprint density at radius 2 is 2.08 bits per heavy atom. The lowest BCUT2D eigenvalue weighted by molar-refractivity contribution is -0.113. The third kappa shape index (κ3) is 23.2. The standard InChI is InChI=1S/C5H10O2.C3H5NO/c1-2-4-7-5-3-6;1-2-3(4)5/h2,6H,1,3-5H2;2H,1H2,(H2,4,5). The number of ether oxygens (including phenoxy) is 1. The number of nitrogens with two attached hydrogens (primary N) is 1. The fourth-order valence-corrected chi connectivity index (χ4v) is 0.231. The van der Waals surface area contributed by atoms with Crippen LogP contribution in [0.5, 0.6) is 0 Å². The SMILES string of the molecule is C=CC(N)=O.C=CCOCCO. The Bertz CT molecular complexity index is 134. The molecule has 3 N–H and O–H groups in total. The van der Waals surface area contributed by atoms with Gasteiger partial charge in [-0.15, -0.1) is 6.58 Å². The Morgan fingerprint density at radius 3 is 2.33 bits per heavy atom. The predicted octanol–water partition coefficient (Wildman–Crippen LogP) is -0.161. The molecule has 0 spiro atoms. The molecule has 0 atom stereocenters. The highest BCUT2D eigenvalue weighted by atomic mass is 16.5. The Kier molecular flexibility index (Phi) is 14.1. The Hall–Kier alpha value is -1.13. The van der Waals surface area contributed by atoms with Crippen molar-refractivity contribution in [1.82, 2.24) is 0 Å². The number of carbonyl (C=O) groups is 1. The quantitative estimate of drug-likeness (QED) is 0.344. The summed E-state index contributed by atoms with van der Waals surface area (Å²) in [4.78, 5) is 9.47. The average molecular weight is 173 g/mol. The number of aliphatic hydroxyl groups is 1. The minimum Gasteiger partial charge on any atom is -0.394 e. The number of carbonyl (C=O) groups excluding carboxylic acids is 1. The first-order chi connectivity index (χ1) is 5.68. The monoisotopic (exact) mass is 173 g/mol. The van der Waals surface area contributed by atoms with E-state index in [9.17, 15) is 4.79 Å². The fraction of sp³-hybridized carbons (Fsp3) is 0.375. The van der Waals surface area contributed by atoms with E-state index in [1.807, 2.05) is 0 Å². The minimum absolute atomic E-state index is 0.0911. The van der Waals surface area contributed by atoms with Crippen LogP contribution in [0.25, 0.3) is 0 Å². The van der Waals surface area contributed by atoms with E-state index in [2.05, 4.69) is 18.9 Å². The molecule has 0 radical (unpaired) electrons. The molecular formula is C8H15NO3.